The van der Waals surface area contributed by atoms with Crippen LogP contribution in [0.5, 0.6) is 0 Å². The fourth-order valence-corrected chi connectivity index (χ4v) is 1.35. The molecule has 0 aromatic carbocycles. The molecule has 0 saturated heterocycles. The predicted molar refractivity (Wildman–Crippen MR) is 40.6 cm³/mol. The van der Waals surface area contributed by atoms with E-state index in [-0.39, 0.29) is 0 Å². The van der Waals surface area contributed by atoms with Gasteiger partial charge in [0.2, 0.25) is 6.41 Å². The first-order valence-corrected chi connectivity index (χ1v) is 3.93. The molecule has 0 heterocycles. The lowest BCUT2D eigenvalue weighted by Gasteiger charge is -2.35. The molecule has 2 heteroatoms. The van der Waals surface area contributed by atoms with Crippen molar-refractivity contribution in [3.63, 3.8) is 0 Å². The Labute approximate surface area is 62.2 Å². The number of hydrogen-bond acceptors (Lipinski definition) is 1. The van der Waals surface area contributed by atoms with Gasteiger partial charge in [-0.2, -0.15) is 0 Å². The van der Waals surface area contributed by atoms with E-state index in [1.807, 2.05) is 7.05 Å². The molecule has 0 aromatic rings. The van der Waals surface area contributed by atoms with Crippen molar-refractivity contribution in [2.75, 3.05) is 7.05 Å². The minimum absolute atomic E-state index is 0.450. The molecule has 0 bridgehead atoms. The Bertz CT molecular complexity index is 120. The van der Waals surface area contributed by atoms with Crippen molar-refractivity contribution < 1.29 is 4.79 Å². The average molecular weight is 141 g/mol. The number of hydrogen-bond donors (Lipinski definition) is 0. The summed E-state index contributed by atoms with van der Waals surface area (Å²) >= 11 is 0. The molecule has 1 fully saturated rings. The molecular formula is C8H15NO. The monoisotopic (exact) mass is 141 g/mol. The Balaban J connectivity index is 2.31. The summed E-state index contributed by atoms with van der Waals surface area (Å²) in [5, 5.41) is 0. The largest absolute Gasteiger partial charge is 0.345 e. The van der Waals surface area contributed by atoms with Crippen LogP contribution in [-0.2, 0) is 4.79 Å². The summed E-state index contributed by atoms with van der Waals surface area (Å²) in [6, 6.07) is 0.450. The van der Waals surface area contributed by atoms with Crippen LogP contribution in [0.25, 0.3) is 0 Å². The fourth-order valence-electron chi connectivity index (χ4n) is 1.35. The van der Waals surface area contributed by atoms with Gasteiger partial charge in [-0.15, -0.1) is 0 Å². The van der Waals surface area contributed by atoms with Gasteiger partial charge in [-0.25, -0.2) is 0 Å². The predicted octanol–water partition coefficient (Wildman–Crippen LogP) is 1.26. The maximum Gasteiger partial charge on any atom is 0.209 e. The average Bonchev–Trinajstić information content (AvgIpc) is 1.82. The number of nitrogens with zero attached hydrogens (tertiary/aromatic N) is 1. The Kier molecular flexibility index (Phi) is 2.30. The van der Waals surface area contributed by atoms with Crippen LogP contribution < -0.4 is 0 Å². The van der Waals surface area contributed by atoms with Crippen LogP contribution in [0.4, 0.5) is 0 Å². The number of carbonyl (C=O) groups is 1. The molecule has 1 saturated carbocycles. The van der Waals surface area contributed by atoms with Gasteiger partial charge in [0.05, 0.1) is 0 Å². The lowest BCUT2D eigenvalue weighted by molar-refractivity contribution is -0.120. The van der Waals surface area contributed by atoms with Gasteiger partial charge in [-0.05, 0) is 25.7 Å². The molecule has 1 rings (SSSR count). The first-order chi connectivity index (χ1) is 4.75. The Hall–Kier alpha value is -0.530. The molecular weight excluding hydrogens is 126 g/mol. The van der Waals surface area contributed by atoms with Crippen LogP contribution in [0.1, 0.15) is 26.2 Å². The molecule has 1 aliphatic rings. The molecule has 0 aliphatic heterocycles. The minimum atomic E-state index is 0.450. The van der Waals surface area contributed by atoms with Gasteiger partial charge in [-0.3, -0.25) is 4.79 Å². The maximum atomic E-state index is 10.3. The normalized spacial score (nSPS) is 21.4. The summed E-state index contributed by atoms with van der Waals surface area (Å²) in [6.45, 7) is 2.12. The lowest BCUT2D eigenvalue weighted by Crippen LogP contribution is -2.37. The highest BCUT2D eigenvalue weighted by atomic mass is 16.1. The van der Waals surface area contributed by atoms with Crippen molar-refractivity contribution in [3.8, 4) is 0 Å². The summed E-state index contributed by atoms with van der Waals surface area (Å²) in [6.07, 6.45) is 4.88. The van der Waals surface area contributed by atoms with E-state index in [1.54, 1.807) is 4.90 Å². The van der Waals surface area contributed by atoms with Crippen LogP contribution in [0.15, 0.2) is 0 Å². The van der Waals surface area contributed by atoms with Crippen LogP contribution in [-0.4, -0.2) is 24.4 Å². The van der Waals surface area contributed by atoms with Gasteiger partial charge in [0.15, 0.2) is 0 Å². The lowest BCUT2D eigenvalue weighted by atomic mass is 9.80. The summed E-state index contributed by atoms with van der Waals surface area (Å²) in [4.78, 5) is 12.1. The molecule has 1 aliphatic carbocycles. The second kappa shape index (κ2) is 3.04. The Morgan fingerprint density at radius 3 is 2.50 bits per heavy atom. The quantitative estimate of drug-likeness (QED) is 0.542. The van der Waals surface area contributed by atoms with E-state index < -0.39 is 0 Å². The zero-order chi connectivity index (χ0) is 7.56. The fraction of sp³-hybridized carbons (Fsp3) is 0.875. The highest BCUT2D eigenvalue weighted by molar-refractivity contribution is 5.47. The molecule has 0 N–H and O–H groups in total. The van der Waals surface area contributed by atoms with Gasteiger partial charge in [0.25, 0.3) is 0 Å². The summed E-state index contributed by atoms with van der Waals surface area (Å²) in [5.41, 5.74) is 0. The van der Waals surface area contributed by atoms with Gasteiger partial charge < -0.3 is 4.90 Å². The highest BCUT2D eigenvalue weighted by Crippen LogP contribution is 2.30. The second-order valence-electron chi connectivity index (χ2n) is 3.20. The van der Waals surface area contributed by atoms with Gasteiger partial charge >= 0.3 is 0 Å². The molecule has 1 unspecified atom stereocenters. The van der Waals surface area contributed by atoms with E-state index in [9.17, 15) is 4.79 Å². The van der Waals surface area contributed by atoms with Crippen LogP contribution in [0, 0.1) is 5.92 Å². The smallest absolute Gasteiger partial charge is 0.209 e. The molecule has 0 spiro atoms. The first-order valence-electron chi connectivity index (χ1n) is 3.93. The second-order valence-corrected chi connectivity index (χ2v) is 3.20. The molecule has 0 aromatic heterocycles. The third-order valence-corrected chi connectivity index (χ3v) is 2.64. The highest BCUT2D eigenvalue weighted by Gasteiger charge is 2.25. The topological polar surface area (TPSA) is 20.3 Å². The molecule has 2 nitrogen and oxygen atoms in total. The SMILES string of the molecule is CC(C1CCC1)N(C)C=O. The van der Waals surface area contributed by atoms with E-state index in [0.29, 0.717) is 6.04 Å². The van der Waals surface area contributed by atoms with Crippen LogP contribution >= 0.6 is 0 Å². The van der Waals surface area contributed by atoms with Crippen molar-refractivity contribution in [2.45, 2.75) is 32.2 Å². The number of carbonyl (C=O) groups excluding carboxylic acids is 1. The van der Waals surface area contributed by atoms with Crippen molar-refractivity contribution in [3.05, 3.63) is 0 Å². The van der Waals surface area contributed by atoms with Gasteiger partial charge in [0.1, 0.15) is 0 Å². The number of amides is 1. The van der Waals surface area contributed by atoms with Crippen molar-refractivity contribution in [1.82, 2.24) is 4.90 Å². The number of rotatable bonds is 3. The first kappa shape index (κ1) is 7.58. The molecule has 0 radical (unpaired) electrons. The Morgan fingerprint density at radius 2 is 2.20 bits per heavy atom. The van der Waals surface area contributed by atoms with E-state index >= 15 is 0 Å². The molecule has 58 valence electrons. The van der Waals surface area contributed by atoms with E-state index in [1.165, 1.54) is 19.3 Å². The summed E-state index contributed by atoms with van der Waals surface area (Å²) in [7, 11) is 1.86. The van der Waals surface area contributed by atoms with E-state index in [0.717, 1.165) is 12.3 Å². The summed E-state index contributed by atoms with van der Waals surface area (Å²) < 4.78 is 0. The van der Waals surface area contributed by atoms with Crippen molar-refractivity contribution in [2.24, 2.45) is 5.92 Å². The molecule has 10 heavy (non-hydrogen) atoms. The van der Waals surface area contributed by atoms with Crippen molar-refractivity contribution in [1.29, 1.82) is 0 Å². The summed E-state index contributed by atoms with van der Waals surface area (Å²) in [5.74, 6) is 0.773. The van der Waals surface area contributed by atoms with E-state index in [4.69, 9.17) is 0 Å². The zero-order valence-corrected chi connectivity index (χ0v) is 6.71. The third-order valence-electron chi connectivity index (χ3n) is 2.64. The maximum absolute atomic E-state index is 10.3. The third kappa shape index (κ3) is 1.31. The van der Waals surface area contributed by atoms with Gasteiger partial charge in [0, 0.05) is 13.1 Å². The minimum Gasteiger partial charge on any atom is -0.345 e. The zero-order valence-electron chi connectivity index (χ0n) is 6.71. The Morgan fingerprint density at radius 1 is 1.60 bits per heavy atom. The van der Waals surface area contributed by atoms with Gasteiger partial charge in [-0.1, -0.05) is 6.42 Å². The van der Waals surface area contributed by atoms with Crippen LogP contribution in [0.3, 0.4) is 0 Å². The van der Waals surface area contributed by atoms with Crippen LogP contribution in [0.2, 0.25) is 0 Å². The standard InChI is InChI=1S/C8H15NO/c1-7(9(2)6-10)8-4-3-5-8/h6-8H,3-5H2,1-2H3. The molecule has 1 amide bonds. The van der Waals surface area contributed by atoms with E-state index in [2.05, 4.69) is 6.92 Å². The van der Waals surface area contributed by atoms with Crippen molar-refractivity contribution >= 4 is 6.41 Å². The molecule has 1 atom stereocenters.